The van der Waals surface area contributed by atoms with Crippen molar-refractivity contribution in [2.45, 2.75) is 93.2 Å². The molecule has 1 aromatic heterocycles. The molecule has 0 N–H and O–H groups in total. The van der Waals surface area contributed by atoms with E-state index in [0.717, 1.165) is 30.6 Å². The van der Waals surface area contributed by atoms with Crippen LogP contribution in [-0.2, 0) is 30.8 Å². The number of aryl methyl sites for hydroxylation is 1. The Morgan fingerprint density at radius 2 is 1.45 bits per heavy atom. The standard InChI is InChI=1S/C38H49N3O3/c1-26(2)22-40-34-18-17-30(29-15-13-27(3)14-16-29)21-33(34)35(42)41(36(40)43)25-32(44-38(7,8)37(4,5)6)24-39-20-19-28-11-9-10-12-31(28)23-39/h9-18,21,26,32H,19-20,22-25H2,1-8H3/t32-/m1/s1. The monoisotopic (exact) mass is 595 g/mol. The Labute approximate surface area is 262 Å². The van der Waals surface area contributed by atoms with E-state index in [0.29, 0.717) is 24.0 Å². The molecule has 0 spiro atoms. The summed E-state index contributed by atoms with van der Waals surface area (Å²) >= 11 is 0. The average Bonchev–Trinajstić information content (AvgIpc) is 2.96. The molecule has 0 fully saturated rings. The van der Waals surface area contributed by atoms with Gasteiger partial charge < -0.3 is 4.74 Å². The van der Waals surface area contributed by atoms with Crippen molar-refractivity contribution in [3.63, 3.8) is 0 Å². The van der Waals surface area contributed by atoms with E-state index >= 15 is 0 Å². The third-order valence-corrected chi connectivity index (χ3v) is 9.48. The number of rotatable bonds is 9. The fourth-order valence-electron chi connectivity index (χ4n) is 5.98. The summed E-state index contributed by atoms with van der Waals surface area (Å²) in [6, 6.07) is 22.8. The van der Waals surface area contributed by atoms with Gasteiger partial charge in [-0.3, -0.25) is 18.8 Å². The fourth-order valence-corrected chi connectivity index (χ4v) is 5.98. The molecule has 3 aromatic carbocycles. The number of fused-ring (bicyclic) bond motifs is 2. The Balaban J connectivity index is 1.58. The van der Waals surface area contributed by atoms with Crippen LogP contribution in [-0.4, -0.2) is 38.8 Å². The molecule has 0 bridgehead atoms. The van der Waals surface area contributed by atoms with Gasteiger partial charge in [0.1, 0.15) is 0 Å². The molecule has 1 atom stereocenters. The van der Waals surface area contributed by atoms with Gasteiger partial charge >= 0.3 is 5.69 Å². The van der Waals surface area contributed by atoms with Crippen molar-refractivity contribution in [1.29, 1.82) is 0 Å². The third kappa shape index (κ3) is 6.77. The molecule has 0 saturated heterocycles. The van der Waals surface area contributed by atoms with Crippen LogP contribution in [0.15, 0.2) is 76.3 Å². The fraction of sp³-hybridized carbons (Fsp3) is 0.474. The zero-order valence-electron chi connectivity index (χ0n) is 27.8. The third-order valence-electron chi connectivity index (χ3n) is 9.48. The van der Waals surface area contributed by atoms with E-state index in [-0.39, 0.29) is 35.2 Å². The van der Waals surface area contributed by atoms with Crippen molar-refractivity contribution in [3.8, 4) is 11.1 Å². The minimum Gasteiger partial charge on any atom is -0.369 e. The molecule has 1 aliphatic heterocycles. The van der Waals surface area contributed by atoms with Crippen molar-refractivity contribution in [3.05, 3.63) is 104 Å². The van der Waals surface area contributed by atoms with Gasteiger partial charge in [-0.2, -0.15) is 0 Å². The van der Waals surface area contributed by atoms with E-state index in [2.05, 4.69) is 109 Å². The molecule has 5 rings (SSSR count). The number of nitrogens with zero attached hydrogens (tertiary/aromatic N) is 3. The lowest BCUT2D eigenvalue weighted by atomic mass is 9.79. The summed E-state index contributed by atoms with van der Waals surface area (Å²) in [7, 11) is 0. The zero-order chi connectivity index (χ0) is 31.8. The van der Waals surface area contributed by atoms with Gasteiger partial charge in [-0.05, 0) is 72.9 Å². The largest absolute Gasteiger partial charge is 0.369 e. The lowest BCUT2D eigenvalue weighted by molar-refractivity contribution is -0.142. The van der Waals surface area contributed by atoms with Gasteiger partial charge in [-0.25, -0.2) is 4.79 Å². The summed E-state index contributed by atoms with van der Waals surface area (Å²) < 4.78 is 10.1. The van der Waals surface area contributed by atoms with E-state index in [4.69, 9.17) is 4.74 Å². The topological polar surface area (TPSA) is 56.5 Å². The van der Waals surface area contributed by atoms with Crippen LogP contribution >= 0.6 is 0 Å². The highest BCUT2D eigenvalue weighted by Crippen LogP contribution is 2.34. The Bertz CT molecular complexity index is 1740. The van der Waals surface area contributed by atoms with Gasteiger partial charge in [0, 0.05) is 26.2 Å². The van der Waals surface area contributed by atoms with Gasteiger partial charge in [0.15, 0.2) is 0 Å². The summed E-state index contributed by atoms with van der Waals surface area (Å²) in [6.45, 7) is 20.1. The lowest BCUT2D eigenvalue weighted by Gasteiger charge is -2.43. The maximum atomic E-state index is 14.3. The van der Waals surface area contributed by atoms with Crippen LogP contribution in [0, 0.1) is 18.3 Å². The number of hydrogen-bond acceptors (Lipinski definition) is 4. The molecule has 0 saturated carbocycles. The van der Waals surface area contributed by atoms with Gasteiger partial charge in [-0.15, -0.1) is 0 Å². The molecule has 0 aliphatic carbocycles. The highest BCUT2D eigenvalue weighted by molar-refractivity contribution is 5.84. The molecule has 2 heterocycles. The van der Waals surface area contributed by atoms with E-state index in [1.165, 1.54) is 21.3 Å². The van der Waals surface area contributed by atoms with E-state index in [9.17, 15) is 9.59 Å². The van der Waals surface area contributed by atoms with Crippen molar-refractivity contribution in [2.24, 2.45) is 11.3 Å². The van der Waals surface area contributed by atoms with Gasteiger partial charge in [0.05, 0.1) is 29.2 Å². The van der Waals surface area contributed by atoms with Crippen molar-refractivity contribution >= 4 is 10.9 Å². The second-order valence-corrected chi connectivity index (χ2v) is 14.6. The summed E-state index contributed by atoms with van der Waals surface area (Å²) in [5.41, 5.74) is 5.44. The van der Waals surface area contributed by atoms with E-state index < -0.39 is 5.60 Å². The maximum Gasteiger partial charge on any atom is 0.331 e. The first-order chi connectivity index (χ1) is 20.7. The molecular formula is C38H49N3O3. The number of ether oxygens (including phenoxy) is 1. The number of hydrogen-bond donors (Lipinski definition) is 0. The number of benzene rings is 3. The first-order valence-electron chi connectivity index (χ1n) is 16.0. The predicted molar refractivity (Wildman–Crippen MR) is 181 cm³/mol. The van der Waals surface area contributed by atoms with Gasteiger partial charge in [0.2, 0.25) is 0 Å². The van der Waals surface area contributed by atoms with Crippen LogP contribution in [0.2, 0.25) is 0 Å². The van der Waals surface area contributed by atoms with Crippen molar-refractivity contribution in [1.82, 2.24) is 14.0 Å². The molecule has 6 heteroatoms. The molecule has 44 heavy (non-hydrogen) atoms. The minimum absolute atomic E-state index is 0.144. The quantitative estimate of drug-likeness (QED) is 0.208. The van der Waals surface area contributed by atoms with Crippen LogP contribution in [0.5, 0.6) is 0 Å². The second-order valence-electron chi connectivity index (χ2n) is 14.6. The molecule has 234 valence electrons. The van der Waals surface area contributed by atoms with Crippen LogP contribution in [0.1, 0.15) is 65.2 Å². The highest BCUT2D eigenvalue weighted by Gasteiger charge is 2.37. The SMILES string of the molecule is Cc1ccc(-c2ccc3c(c2)c(=O)n(C[C@@H](CN2CCc4ccccc4C2)OC(C)(C)C(C)(C)C)c(=O)n3CC(C)C)cc1. The van der Waals surface area contributed by atoms with E-state index in [1.54, 1.807) is 4.57 Å². The van der Waals surface area contributed by atoms with Crippen molar-refractivity contribution < 1.29 is 4.74 Å². The summed E-state index contributed by atoms with van der Waals surface area (Å²) in [5, 5.41) is 0.559. The number of aromatic nitrogens is 2. The molecule has 0 unspecified atom stereocenters. The Hall–Kier alpha value is -3.48. The molecule has 4 aromatic rings. The molecular weight excluding hydrogens is 546 g/mol. The normalized spacial score (nSPS) is 15.1. The summed E-state index contributed by atoms with van der Waals surface area (Å²) in [6.07, 6.45) is 0.620. The zero-order valence-corrected chi connectivity index (χ0v) is 27.8. The van der Waals surface area contributed by atoms with Crippen LogP contribution < -0.4 is 11.2 Å². The lowest BCUT2D eigenvalue weighted by Crippen LogP contribution is -2.50. The minimum atomic E-state index is -0.485. The van der Waals surface area contributed by atoms with Crippen LogP contribution in [0.3, 0.4) is 0 Å². The molecule has 0 radical (unpaired) electrons. The summed E-state index contributed by atoms with van der Waals surface area (Å²) in [5.74, 6) is 0.235. The average molecular weight is 596 g/mol. The van der Waals surface area contributed by atoms with Gasteiger partial charge in [0.25, 0.3) is 5.56 Å². The smallest absolute Gasteiger partial charge is 0.331 e. The van der Waals surface area contributed by atoms with Crippen LogP contribution in [0.25, 0.3) is 22.0 Å². The maximum absolute atomic E-state index is 14.3. The molecule has 6 nitrogen and oxygen atoms in total. The predicted octanol–water partition coefficient (Wildman–Crippen LogP) is 7.06. The van der Waals surface area contributed by atoms with Crippen LogP contribution in [0.4, 0.5) is 0 Å². The van der Waals surface area contributed by atoms with E-state index in [1.807, 2.05) is 18.2 Å². The Kier molecular flexibility index (Phi) is 9.06. The second kappa shape index (κ2) is 12.5. The van der Waals surface area contributed by atoms with Crippen molar-refractivity contribution in [2.75, 3.05) is 13.1 Å². The van der Waals surface area contributed by atoms with Gasteiger partial charge in [-0.1, -0.05) is 94.8 Å². The Morgan fingerprint density at radius 3 is 2.11 bits per heavy atom. The first kappa shape index (κ1) is 31.9. The summed E-state index contributed by atoms with van der Waals surface area (Å²) in [4.78, 5) is 30.8. The first-order valence-corrected chi connectivity index (χ1v) is 16.0. The molecule has 1 aliphatic rings. The molecule has 0 amide bonds. The Morgan fingerprint density at radius 1 is 0.795 bits per heavy atom. The highest BCUT2D eigenvalue weighted by atomic mass is 16.5.